The van der Waals surface area contributed by atoms with Gasteiger partial charge in [-0.3, -0.25) is 9.59 Å². The Morgan fingerprint density at radius 2 is 1.65 bits per heavy atom. The molecular weight excluding hydrogens is 339 g/mol. The van der Waals surface area contributed by atoms with E-state index in [0.29, 0.717) is 54.0 Å². The Bertz CT molecular complexity index is 599. The molecule has 1 aromatic rings. The Labute approximate surface area is 146 Å². The first kappa shape index (κ1) is 17.9. The lowest BCUT2D eigenvalue weighted by Crippen LogP contribution is -2.50. The number of carbonyl (C=O) groups is 2. The van der Waals surface area contributed by atoms with Gasteiger partial charge < -0.3 is 14.5 Å². The first-order valence-corrected chi connectivity index (χ1v) is 8.29. The highest BCUT2D eigenvalue weighted by atomic mass is 35.5. The van der Waals surface area contributed by atoms with Crippen molar-refractivity contribution in [2.75, 3.05) is 33.3 Å². The number of ether oxygens (including phenoxy) is 1. The average Bonchev–Trinajstić information content (AvgIpc) is 2.54. The quantitative estimate of drug-likeness (QED) is 0.831. The smallest absolute Gasteiger partial charge is 0.227 e. The fourth-order valence-corrected chi connectivity index (χ4v) is 3.29. The highest BCUT2D eigenvalue weighted by Gasteiger charge is 2.24. The SMILES string of the molecule is CCC(=O)N1CCN(C(=O)Cc2cc(Cl)cc(Cl)c2OC)CC1. The molecule has 1 aliphatic rings. The topological polar surface area (TPSA) is 49.9 Å². The fraction of sp³-hybridized carbons (Fsp3) is 0.500. The maximum Gasteiger partial charge on any atom is 0.227 e. The van der Waals surface area contributed by atoms with Crippen molar-refractivity contribution in [3.8, 4) is 5.75 Å². The van der Waals surface area contributed by atoms with Crippen LogP contribution in [0.1, 0.15) is 18.9 Å². The van der Waals surface area contributed by atoms with Crippen LogP contribution in [0.3, 0.4) is 0 Å². The van der Waals surface area contributed by atoms with E-state index in [9.17, 15) is 9.59 Å². The molecule has 0 saturated carbocycles. The summed E-state index contributed by atoms with van der Waals surface area (Å²) in [7, 11) is 1.51. The molecule has 2 amide bonds. The Morgan fingerprint density at radius 3 is 2.17 bits per heavy atom. The zero-order chi connectivity index (χ0) is 17.0. The molecule has 0 unspecified atom stereocenters. The van der Waals surface area contributed by atoms with Gasteiger partial charge in [0.25, 0.3) is 0 Å². The van der Waals surface area contributed by atoms with Crippen molar-refractivity contribution in [1.29, 1.82) is 0 Å². The molecule has 7 heteroatoms. The molecule has 0 bridgehead atoms. The van der Waals surface area contributed by atoms with E-state index in [0.717, 1.165) is 0 Å². The number of nitrogens with zero attached hydrogens (tertiary/aromatic N) is 2. The van der Waals surface area contributed by atoms with Crippen molar-refractivity contribution < 1.29 is 14.3 Å². The summed E-state index contributed by atoms with van der Waals surface area (Å²) in [6.07, 6.45) is 0.664. The van der Waals surface area contributed by atoms with Crippen LogP contribution in [0, 0.1) is 0 Å². The van der Waals surface area contributed by atoms with Crippen LogP contribution in [0.5, 0.6) is 5.75 Å². The number of hydrogen-bond donors (Lipinski definition) is 0. The number of amides is 2. The molecule has 1 fully saturated rings. The van der Waals surface area contributed by atoms with Crippen molar-refractivity contribution >= 4 is 35.0 Å². The van der Waals surface area contributed by atoms with E-state index in [1.165, 1.54) is 7.11 Å². The molecule has 0 atom stereocenters. The molecule has 0 radical (unpaired) electrons. The largest absolute Gasteiger partial charge is 0.495 e. The van der Waals surface area contributed by atoms with E-state index in [2.05, 4.69) is 0 Å². The van der Waals surface area contributed by atoms with Gasteiger partial charge in [0.05, 0.1) is 18.6 Å². The van der Waals surface area contributed by atoms with Gasteiger partial charge >= 0.3 is 0 Å². The van der Waals surface area contributed by atoms with Crippen molar-refractivity contribution in [3.63, 3.8) is 0 Å². The Hall–Kier alpha value is -1.46. The van der Waals surface area contributed by atoms with Crippen LogP contribution in [0.15, 0.2) is 12.1 Å². The van der Waals surface area contributed by atoms with E-state index >= 15 is 0 Å². The molecule has 126 valence electrons. The summed E-state index contributed by atoms with van der Waals surface area (Å²) in [5, 5.41) is 0.859. The maximum atomic E-state index is 12.5. The number of carbonyl (C=O) groups excluding carboxylic acids is 2. The second-order valence-electron chi connectivity index (χ2n) is 5.37. The van der Waals surface area contributed by atoms with E-state index in [4.69, 9.17) is 27.9 Å². The summed E-state index contributed by atoms with van der Waals surface area (Å²) in [4.78, 5) is 27.7. The minimum atomic E-state index is -0.0229. The van der Waals surface area contributed by atoms with Crippen LogP contribution in [0.25, 0.3) is 0 Å². The third-order valence-electron chi connectivity index (χ3n) is 3.92. The van der Waals surface area contributed by atoms with Gasteiger partial charge in [-0.05, 0) is 12.1 Å². The monoisotopic (exact) mass is 358 g/mol. The molecule has 2 rings (SSSR count). The molecule has 1 heterocycles. The molecule has 5 nitrogen and oxygen atoms in total. The van der Waals surface area contributed by atoms with Gasteiger partial charge in [-0.1, -0.05) is 30.1 Å². The molecule has 0 N–H and O–H groups in total. The predicted octanol–water partition coefficient (Wildman–Crippen LogP) is 2.63. The van der Waals surface area contributed by atoms with Crippen LogP contribution >= 0.6 is 23.2 Å². The number of benzene rings is 1. The standard InChI is InChI=1S/C16H20Cl2N2O3/c1-3-14(21)19-4-6-20(7-5-19)15(22)9-11-8-12(17)10-13(18)16(11)23-2/h8,10H,3-7,9H2,1-2H3. The summed E-state index contributed by atoms with van der Waals surface area (Å²) in [6, 6.07) is 3.28. The number of hydrogen-bond acceptors (Lipinski definition) is 3. The Kier molecular flexibility index (Phi) is 6.13. The van der Waals surface area contributed by atoms with E-state index in [1.807, 2.05) is 6.92 Å². The number of halogens is 2. The second kappa shape index (κ2) is 7.88. The summed E-state index contributed by atoms with van der Waals surface area (Å²) in [6.45, 7) is 4.08. The summed E-state index contributed by atoms with van der Waals surface area (Å²) >= 11 is 12.1. The van der Waals surface area contributed by atoms with E-state index in [1.54, 1.807) is 21.9 Å². The molecule has 1 aliphatic heterocycles. The van der Waals surface area contributed by atoms with Crippen LogP contribution in [-0.2, 0) is 16.0 Å². The summed E-state index contributed by atoms with van der Waals surface area (Å²) < 4.78 is 5.27. The zero-order valence-electron chi connectivity index (χ0n) is 13.3. The third kappa shape index (κ3) is 4.30. The Morgan fingerprint density at radius 1 is 1.09 bits per heavy atom. The molecule has 23 heavy (non-hydrogen) atoms. The summed E-state index contributed by atoms with van der Waals surface area (Å²) in [5.41, 5.74) is 0.669. The lowest BCUT2D eigenvalue weighted by molar-refractivity contribution is -0.139. The molecule has 0 aromatic heterocycles. The fourth-order valence-electron chi connectivity index (χ4n) is 2.68. The van der Waals surface area contributed by atoms with E-state index in [-0.39, 0.29) is 18.2 Å². The molecule has 1 saturated heterocycles. The molecule has 0 spiro atoms. The van der Waals surface area contributed by atoms with Gasteiger partial charge in [-0.25, -0.2) is 0 Å². The van der Waals surface area contributed by atoms with Gasteiger partial charge in [-0.2, -0.15) is 0 Å². The highest BCUT2D eigenvalue weighted by Crippen LogP contribution is 2.32. The van der Waals surface area contributed by atoms with Gasteiger partial charge in [0.1, 0.15) is 5.75 Å². The van der Waals surface area contributed by atoms with E-state index < -0.39 is 0 Å². The second-order valence-corrected chi connectivity index (χ2v) is 6.22. The van der Waals surface area contributed by atoms with Crippen molar-refractivity contribution in [1.82, 2.24) is 9.80 Å². The van der Waals surface area contributed by atoms with Crippen LogP contribution in [-0.4, -0.2) is 54.9 Å². The highest BCUT2D eigenvalue weighted by molar-refractivity contribution is 6.35. The zero-order valence-corrected chi connectivity index (χ0v) is 14.8. The van der Waals surface area contributed by atoms with Crippen LogP contribution in [0.2, 0.25) is 10.0 Å². The van der Waals surface area contributed by atoms with Gasteiger partial charge in [0.15, 0.2) is 0 Å². The number of methoxy groups -OCH3 is 1. The molecule has 1 aromatic carbocycles. The third-order valence-corrected chi connectivity index (χ3v) is 4.42. The average molecular weight is 359 g/mol. The van der Waals surface area contributed by atoms with Crippen molar-refractivity contribution in [2.24, 2.45) is 0 Å². The van der Waals surface area contributed by atoms with Crippen molar-refractivity contribution in [3.05, 3.63) is 27.7 Å². The summed E-state index contributed by atoms with van der Waals surface area (Å²) in [5.74, 6) is 0.579. The van der Waals surface area contributed by atoms with Crippen LogP contribution < -0.4 is 4.74 Å². The Balaban J connectivity index is 2.02. The molecular formula is C16H20Cl2N2O3. The number of rotatable bonds is 4. The minimum absolute atomic E-state index is 0.0229. The predicted molar refractivity (Wildman–Crippen MR) is 90.2 cm³/mol. The van der Waals surface area contributed by atoms with Gasteiger partial charge in [0.2, 0.25) is 11.8 Å². The molecule has 0 aliphatic carbocycles. The normalized spacial score (nSPS) is 14.8. The first-order chi connectivity index (χ1) is 11.0. The van der Waals surface area contributed by atoms with Gasteiger partial charge in [-0.15, -0.1) is 0 Å². The first-order valence-electron chi connectivity index (χ1n) is 7.53. The van der Waals surface area contributed by atoms with Crippen molar-refractivity contribution in [2.45, 2.75) is 19.8 Å². The lowest BCUT2D eigenvalue weighted by Gasteiger charge is -2.34. The lowest BCUT2D eigenvalue weighted by atomic mass is 10.1. The van der Waals surface area contributed by atoms with Gasteiger partial charge in [0, 0.05) is 43.2 Å². The number of piperazine rings is 1. The minimum Gasteiger partial charge on any atom is -0.495 e. The van der Waals surface area contributed by atoms with Crippen LogP contribution in [0.4, 0.5) is 0 Å². The maximum absolute atomic E-state index is 12.5.